The number of thiazole rings is 1. The Balaban J connectivity index is 2.06. The van der Waals surface area contributed by atoms with Crippen LogP contribution >= 0.6 is 22.9 Å². The molecule has 0 saturated heterocycles. The molecule has 1 aromatic heterocycles. The summed E-state index contributed by atoms with van der Waals surface area (Å²) in [5, 5.41) is 7.13. The Morgan fingerprint density at radius 3 is 2.95 bits per heavy atom. The first-order chi connectivity index (χ1) is 9.19. The summed E-state index contributed by atoms with van der Waals surface area (Å²) < 4.78 is 5.70. The van der Waals surface area contributed by atoms with E-state index in [1.54, 1.807) is 11.3 Å². The van der Waals surface area contributed by atoms with Crippen LogP contribution in [0.5, 0.6) is 5.75 Å². The van der Waals surface area contributed by atoms with Crippen molar-refractivity contribution in [3.63, 3.8) is 0 Å². The maximum absolute atomic E-state index is 6.03. The molecule has 102 valence electrons. The molecule has 0 aliphatic carbocycles. The first-order valence-corrected chi connectivity index (χ1v) is 7.52. The second-order valence-electron chi connectivity index (χ2n) is 4.23. The van der Waals surface area contributed by atoms with Gasteiger partial charge in [-0.15, -0.1) is 11.3 Å². The van der Waals surface area contributed by atoms with E-state index in [-0.39, 0.29) is 0 Å². The zero-order chi connectivity index (χ0) is 13.7. The highest BCUT2D eigenvalue weighted by Gasteiger charge is 2.06. The second-order valence-corrected chi connectivity index (χ2v) is 5.60. The lowest BCUT2D eigenvalue weighted by atomic mass is 10.3. The monoisotopic (exact) mass is 296 g/mol. The third kappa shape index (κ3) is 4.11. The average molecular weight is 297 g/mol. The van der Waals surface area contributed by atoms with Gasteiger partial charge in [0.2, 0.25) is 0 Å². The highest BCUT2D eigenvalue weighted by atomic mass is 35.5. The fraction of sp³-hybridized carbons (Fsp3) is 0.357. The van der Waals surface area contributed by atoms with Crippen LogP contribution in [-0.4, -0.2) is 11.6 Å². The maximum Gasteiger partial charge on any atom is 0.142 e. The van der Waals surface area contributed by atoms with Crippen molar-refractivity contribution in [1.29, 1.82) is 0 Å². The molecule has 0 saturated carbocycles. The largest absolute Gasteiger partial charge is 0.491 e. The molecule has 1 N–H and O–H groups in total. The smallest absolute Gasteiger partial charge is 0.142 e. The summed E-state index contributed by atoms with van der Waals surface area (Å²) in [6.07, 6.45) is 0.980. The molecule has 0 spiro atoms. The molecule has 0 aliphatic heterocycles. The zero-order valence-electron chi connectivity index (χ0n) is 11.1. The minimum absolute atomic E-state index is 0.682. The van der Waals surface area contributed by atoms with Crippen LogP contribution < -0.4 is 10.1 Å². The van der Waals surface area contributed by atoms with E-state index >= 15 is 0 Å². The number of nitrogens with zero attached hydrogens (tertiary/aromatic N) is 1. The van der Waals surface area contributed by atoms with Crippen LogP contribution in [0.1, 0.15) is 24.0 Å². The highest BCUT2D eigenvalue weighted by molar-refractivity contribution is 7.09. The summed E-state index contributed by atoms with van der Waals surface area (Å²) in [5.41, 5.74) is 1.96. The molecule has 2 aromatic rings. The first-order valence-electron chi connectivity index (χ1n) is 6.26. The Morgan fingerprint density at radius 2 is 2.26 bits per heavy atom. The van der Waals surface area contributed by atoms with E-state index in [2.05, 4.69) is 17.2 Å². The SMILES string of the molecule is CCCOc1ccc(Cl)cc1NCc1nc(C)cs1. The van der Waals surface area contributed by atoms with Gasteiger partial charge in [-0.25, -0.2) is 4.98 Å². The maximum atomic E-state index is 6.03. The van der Waals surface area contributed by atoms with Crippen molar-refractivity contribution in [2.24, 2.45) is 0 Å². The van der Waals surface area contributed by atoms with Crippen LogP contribution in [0.2, 0.25) is 5.02 Å². The third-order valence-electron chi connectivity index (χ3n) is 2.50. The Hall–Kier alpha value is -1.26. The second kappa shape index (κ2) is 6.78. The van der Waals surface area contributed by atoms with Crippen molar-refractivity contribution in [1.82, 2.24) is 4.98 Å². The Bertz CT molecular complexity index is 542. The van der Waals surface area contributed by atoms with Gasteiger partial charge in [-0.2, -0.15) is 0 Å². The van der Waals surface area contributed by atoms with Crippen LogP contribution in [0, 0.1) is 6.92 Å². The van der Waals surface area contributed by atoms with Gasteiger partial charge in [-0.05, 0) is 31.5 Å². The summed E-state index contributed by atoms with van der Waals surface area (Å²) in [7, 11) is 0. The molecule has 0 fully saturated rings. The normalized spacial score (nSPS) is 10.5. The minimum atomic E-state index is 0.682. The van der Waals surface area contributed by atoms with Crippen molar-refractivity contribution in [2.45, 2.75) is 26.8 Å². The van der Waals surface area contributed by atoms with Gasteiger partial charge >= 0.3 is 0 Å². The van der Waals surface area contributed by atoms with Gasteiger partial charge in [0, 0.05) is 16.1 Å². The van der Waals surface area contributed by atoms with Crippen molar-refractivity contribution < 1.29 is 4.74 Å². The van der Waals surface area contributed by atoms with E-state index in [0.717, 1.165) is 28.6 Å². The van der Waals surface area contributed by atoms with Gasteiger partial charge in [0.1, 0.15) is 10.8 Å². The summed E-state index contributed by atoms with van der Waals surface area (Å²) in [6.45, 7) is 5.46. The predicted molar refractivity (Wildman–Crippen MR) is 81.4 cm³/mol. The van der Waals surface area contributed by atoms with Gasteiger partial charge in [-0.3, -0.25) is 0 Å². The van der Waals surface area contributed by atoms with Crippen molar-refractivity contribution in [3.05, 3.63) is 39.3 Å². The molecule has 0 amide bonds. The van der Waals surface area contributed by atoms with E-state index in [1.165, 1.54) is 0 Å². The Labute approximate surface area is 122 Å². The molecule has 5 heteroatoms. The average Bonchev–Trinajstić information content (AvgIpc) is 2.81. The van der Waals surface area contributed by atoms with Gasteiger partial charge < -0.3 is 10.1 Å². The number of anilines is 1. The zero-order valence-corrected chi connectivity index (χ0v) is 12.6. The first kappa shape index (κ1) is 14.2. The summed E-state index contributed by atoms with van der Waals surface area (Å²) in [5.74, 6) is 0.833. The van der Waals surface area contributed by atoms with Crippen LogP contribution in [0.3, 0.4) is 0 Å². The molecule has 1 aromatic carbocycles. The van der Waals surface area contributed by atoms with Gasteiger partial charge in [0.05, 0.1) is 18.8 Å². The fourth-order valence-corrected chi connectivity index (χ4v) is 2.52. The molecule has 2 rings (SSSR count). The van der Waals surface area contributed by atoms with E-state index in [1.807, 2.05) is 30.5 Å². The number of hydrogen-bond donors (Lipinski definition) is 1. The molecule has 19 heavy (non-hydrogen) atoms. The van der Waals surface area contributed by atoms with Crippen molar-refractivity contribution >= 4 is 28.6 Å². The Morgan fingerprint density at radius 1 is 1.42 bits per heavy atom. The lowest BCUT2D eigenvalue weighted by molar-refractivity contribution is 0.319. The molecule has 0 aliphatic rings. The van der Waals surface area contributed by atoms with Gasteiger partial charge in [0.15, 0.2) is 0 Å². The van der Waals surface area contributed by atoms with E-state index < -0.39 is 0 Å². The van der Waals surface area contributed by atoms with Crippen LogP contribution in [0.15, 0.2) is 23.6 Å². The van der Waals surface area contributed by atoms with Gasteiger partial charge in [-0.1, -0.05) is 18.5 Å². The van der Waals surface area contributed by atoms with Crippen LogP contribution in [0.4, 0.5) is 5.69 Å². The standard InChI is InChI=1S/C14H17ClN2OS/c1-3-6-18-13-5-4-11(15)7-12(13)16-8-14-17-10(2)9-19-14/h4-5,7,9,16H,3,6,8H2,1-2H3. The number of halogens is 1. The fourth-order valence-electron chi connectivity index (χ4n) is 1.63. The number of hydrogen-bond acceptors (Lipinski definition) is 4. The van der Waals surface area contributed by atoms with Gasteiger partial charge in [0.25, 0.3) is 0 Å². The number of nitrogens with one attached hydrogen (secondary N) is 1. The molecule has 0 atom stereocenters. The van der Waals surface area contributed by atoms with Crippen molar-refractivity contribution in [2.75, 3.05) is 11.9 Å². The molecular weight excluding hydrogens is 280 g/mol. The van der Waals surface area contributed by atoms with Crippen molar-refractivity contribution in [3.8, 4) is 5.75 Å². The number of rotatable bonds is 6. The predicted octanol–water partition coefficient (Wildman–Crippen LogP) is 4.51. The molecular formula is C14H17ClN2OS. The highest BCUT2D eigenvalue weighted by Crippen LogP contribution is 2.28. The number of ether oxygens (including phenoxy) is 1. The third-order valence-corrected chi connectivity index (χ3v) is 3.70. The van der Waals surface area contributed by atoms with E-state index in [9.17, 15) is 0 Å². The topological polar surface area (TPSA) is 34.1 Å². The quantitative estimate of drug-likeness (QED) is 0.852. The summed E-state index contributed by atoms with van der Waals surface area (Å²) in [6, 6.07) is 5.62. The Kier molecular flexibility index (Phi) is 5.05. The number of aromatic nitrogens is 1. The van der Waals surface area contributed by atoms with E-state index in [0.29, 0.717) is 18.2 Å². The van der Waals surface area contributed by atoms with Crippen LogP contribution in [0.25, 0.3) is 0 Å². The number of aryl methyl sites for hydroxylation is 1. The number of benzene rings is 1. The lowest BCUT2D eigenvalue weighted by Gasteiger charge is -2.12. The minimum Gasteiger partial charge on any atom is -0.491 e. The summed E-state index contributed by atoms with van der Waals surface area (Å²) in [4.78, 5) is 4.42. The summed E-state index contributed by atoms with van der Waals surface area (Å²) >= 11 is 7.68. The lowest BCUT2D eigenvalue weighted by Crippen LogP contribution is -2.03. The van der Waals surface area contributed by atoms with Crippen LogP contribution in [-0.2, 0) is 6.54 Å². The molecule has 3 nitrogen and oxygen atoms in total. The molecule has 0 bridgehead atoms. The molecule has 0 radical (unpaired) electrons. The molecule has 1 heterocycles. The molecule has 0 unspecified atom stereocenters. The van der Waals surface area contributed by atoms with E-state index in [4.69, 9.17) is 16.3 Å².